The zero-order valence-corrected chi connectivity index (χ0v) is 12.1. The Morgan fingerprint density at radius 3 is 2.68 bits per heavy atom. The van der Waals surface area contributed by atoms with Crippen molar-refractivity contribution in [3.8, 4) is 6.07 Å². The molecule has 1 amide bonds. The Hall–Kier alpha value is -1.12. The molecule has 1 aliphatic carbocycles. The number of nitrogens with one attached hydrogen (secondary N) is 1. The fourth-order valence-electron chi connectivity index (χ4n) is 2.81. The molecule has 0 bridgehead atoms. The molecule has 2 rings (SSSR count). The molecule has 1 saturated carbocycles. The summed E-state index contributed by atoms with van der Waals surface area (Å²) in [5.74, 6) is 0.318. The van der Waals surface area contributed by atoms with Gasteiger partial charge in [0, 0.05) is 25.7 Å². The smallest absolute Gasteiger partial charge is 0.235 e. The summed E-state index contributed by atoms with van der Waals surface area (Å²) in [5, 5.41) is 12.2. The summed E-state index contributed by atoms with van der Waals surface area (Å²) < 4.78 is 0. The van der Waals surface area contributed by atoms with Crippen LogP contribution in [0.25, 0.3) is 0 Å². The predicted molar refractivity (Wildman–Crippen MR) is 73.4 cm³/mol. The number of nitrogens with zero attached hydrogens (tertiary/aromatic N) is 3. The van der Waals surface area contributed by atoms with E-state index in [-0.39, 0.29) is 5.91 Å². The maximum Gasteiger partial charge on any atom is 0.235 e. The zero-order chi connectivity index (χ0) is 14.0. The van der Waals surface area contributed by atoms with E-state index in [0.717, 1.165) is 32.5 Å². The average molecular weight is 264 g/mol. The summed E-state index contributed by atoms with van der Waals surface area (Å²) in [4.78, 5) is 16.6. The SMILES string of the molecule is C[C@H]1CN(C)CCN1CC(=O)N[C@@](C)(C#N)C1CC1. The van der Waals surface area contributed by atoms with Gasteiger partial charge in [-0.05, 0) is 39.7 Å². The molecule has 2 aliphatic rings. The lowest BCUT2D eigenvalue weighted by atomic mass is 9.98. The lowest BCUT2D eigenvalue weighted by Gasteiger charge is -2.38. The van der Waals surface area contributed by atoms with Crippen molar-refractivity contribution < 1.29 is 4.79 Å². The number of carbonyl (C=O) groups is 1. The van der Waals surface area contributed by atoms with Gasteiger partial charge in [0.05, 0.1) is 12.6 Å². The molecule has 1 N–H and O–H groups in total. The van der Waals surface area contributed by atoms with E-state index < -0.39 is 5.54 Å². The van der Waals surface area contributed by atoms with Crippen LogP contribution in [0.1, 0.15) is 26.7 Å². The number of amides is 1. The molecule has 106 valence electrons. The van der Waals surface area contributed by atoms with Crippen LogP contribution in [-0.2, 0) is 4.79 Å². The first-order valence-electron chi connectivity index (χ1n) is 7.09. The van der Waals surface area contributed by atoms with E-state index >= 15 is 0 Å². The second-order valence-corrected chi connectivity index (χ2v) is 6.22. The van der Waals surface area contributed by atoms with E-state index in [1.807, 2.05) is 6.92 Å². The molecule has 2 atom stereocenters. The first kappa shape index (κ1) is 14.3. The standard InChI is InChI=1S/C14H24N4O/c1-11-8-17(3)6-7-18(11)9-13(19)16-14(2,10-15)12-4-5-12/h11-12H,4-9H2,1-3H3,(H,16,19)/t11-,14-/m0/s1. The molecule has 0 aromatic rings. The van der Waals surface area contributed by atoms with Crippen molar-refractivity contribution in [2.45, 2.75) is 38.3 Å². The van der Waals surface area contributed by atoms with Crippen molar-refractivity contribution in [3.05, 3.63) is 0 Å². The number of hydrogen-bond donors (Lipinski definition) is 1. The van der Waals surface area contributed by atoms with Crippen molar-refractivity contribution in [2.24, 2.45) is 5.92 Å². The van der Waals surface area contributed by atoms with Gasteiger partial charge in [-0.25, -0.2) is 0 Å². The third kappa shape index (κ3) is 3.46. The van der Waals surface area contributed by atoms with Crippen LogP contribution in [0.2, 0.25) is 0 Å². The van der Waals surface area contributed by atoms with Crippen LogP contribution >= 0.6 is 0 Å². The van der Waals surface area contributed by atoms with Gasteiger partial charge in [0.1, 0.15) is 5.54 Å². The van der Waals surface area contributed by atoms with Crippen LogP contribution in [0.5, 0.6) is 0 Å². The van der Waals surface area contributed by atoms with Crippen molar-refractivity contribution in [1.82, 2.24) is 15.1 Å². The second kappa shape index (κ2) is 5.48. The molecule has 2 fully saturated rings. The number of piperazine rings is 1. The molecule has 0 radical (unpaired) electrons. The topological polar surface area (TPSA) is 59.4 Å². The van der Waals surface area contributed by atoms with Gasteiger partial charge in [-0.1, -0.05) is 0 Å². The quantitative estimate of drug-likeness (QED) is 0.800. The van der Waals surface area contributed by atoms with Gasteiger partial charge in [0.25, 0.3) is 0 Å². The second-order valence-electron chi connectivity index (χ2n) is 6.22. The monoisotopic (exact) mass is 264 g/mol. The van der Waals surface area contributed by atoms with E-state index in [2.05, 4.69) is 35.2 Å². The third-order valence-electron chi connectivity index (χ3n) is 4.34. The molecule has 0 aromatic heterocycles. The highest BCUT2D eigenvalue weighted by atomic mass is 16.2. The van der Waals surface area contributed by atoms with E-state index in [9.17, 15) is 10.1 Å². The molecular formula is C14H24N4O. The number of rotatable bonds is 4. The zero-order valence-electron chi connectivity index (χ0n) is 12.1. The summed E-state index contributed by atoms with van der Waals surface area (Å²) in [6.07, 6.45) is 2.10. The molecule has 5 heteroatoms. The lowest BCUT2D eigenvalue weighted by molar-refractivity contribution is -0.124. The van der Waals surface area contributed by atoms with Crippen molar-refractivity contribution in [2.75, 3.05) is 33.2 Å². The highest BCUT2D eigenvalue weighted by Gasteiger charge is 2.43. The Balaban J connectivity index is 1.86. The highest BCUT2D eigenvalue weighted by Crippen LogP contribution is 2.39. The summed E-state index contributed by atoms with van der Waals surface area (Å²) in [5.41, 5.74) is -0.674. The van der Waals surface area contributed by atoms with Gasteiger partial charge >= 0.3 is 0 Å². The highest BCUT2D eigenvalue weighted by molar-refractivity contribution is 5.79. The minimum Gasteiger partial charge on any atom is -0.337 e. The van der Waals surface area contributed by atoms with Gasteiger partial charge in [-0.3, -0.25) is 9.69 Å². The first-order valence-corrected chi connectivity index (χ1v) is 7.09. The number of carbonyl (C=O) groups excluding carboxylic acids is 1. The first-order chi connectivity index (χ1) is 8.94. The van der Waals surface area contributed by atoms with Crippen molar-refractivity contribution in [3.63, 3.8) is 0 Å². The van der Waals surface area contributed by atoms with Gasteiger partial charge in [0.2, 0.25) is 5.91 Å². The Morgan fingerprint density at radius 1 is 1.47 bits per heavy atom. The Kier molecular flexibility index (Phi) is 4.12. The molecule has 19 heavy (non-hydrogen) atoms. The number of likely N-dealkylation sites (N-methyl/N-ethyl adjacent to an activating group) is 1. The van der Waals surface area contributed by atoms with Crippen LogP contribution in [-0.4, -0.2) is 60.5 Å². The van der Waals surface area contributed by atoms with Crippen LogP contribution in [0.15, 0.2) is 0 Å². The fraction of sp³-hybridized carbons (Fsp3) is 0.857. The predicted octanol–water partition coefficient (Wildman–Crippen LogP) is 0.431. The molecule has 0 spiro atoms. The van der Waals surface area contributed by atoms with Gasteiger partial charge in [-0.2, -0.15) is 5.26 Å². The summed E-state index contributed by atoms with van der Waals surface area (Å²) in [7, 11) is 2.10. The van der Waals surface area contributed by atoms with E-state index in [1.165, 1.54) is 0 Å². The molecule has 1 saturated heterocycles. The molecule has 1 aliphatic heterocycles. The summed E-state index contributed by atoms with van der Waals surface area (Å²) >= 11 is 0. The van der Waals surface area contributed by atoms with Crippen molar-refractivity contribution >= 4 is 5.91 Å². The maximum atomic E-state index is 12.1. The molecule has 5 nitrogen and oxygen atoms in total. The summed E-state index contributed by atoms with van der Waals surface area (Å²) in [6.45, 7) is 7.29. The van der Waals surface area contributed by atoms with Gasteiger partial charge in [0.15, 0.2) is 0 Å². The number of hydrogen-bond acceptors (Lipinski definition) is 4. The van der Waals surface area contributed by atoms with Crippen LogP contribution in [0.4, 0.5) is 0 Å². The van der Waals surface area contributed by atoms with E-state index in [0.29, 0.717) is 18.5 Å². The molecule has 0 unspecified atom stereocenters. The van der Waals surface area contributed by atoms with Crippen molar-refractivity contribution in [1.29, 1.82) is 5.26 Å². The van der Waals surface area contributed by atoms with Gasteiger partial charge < -0.3 is 10.2 Å². The molecule has 0 aromatic carbocycles. The van der Waals surface area contributed by atoms with Crippen LogP contribution in [0.3, 0.4) is 0 Å². The molecule has 1 heterocycles. The van der Waals surface area contributed by atoms with E-state index in [4.69, 9.17) is 0 Å². The fourth-order valence-corrected chi connectivity index (χ4v) is 2.81. The largest absolute Gasteiger partial charge is 0.337 e. The van der Waals surface area contributed by atoms with Crippen LogP contribution < -0.4 is 5.32 Å². The maximum absolute atomic E-state index is 12.1. The van der Waals surface area contributed by atoms with Crippen LogP contribution in [0, 0.1) is 17.2 Å². The summed E-state index contributed by atoms with van der Waals surface area (Å²) in [6, 6.07) is 2.66. The third-order valence-corrected chi connectivity index (χ3v) is 4.34. The minimum absolute atomic E-state index is 0.0210. The average Bonchev–Trinajstić information content (AvgIpc) is 3.17. The lowest BCUT2D eigenvalue weighted by Crippen LogP contribution is -2.55. The molecular weight excluding hydrogens is 240 g/mol. The Labute approximate surface area is 115 Å². The van der Waals surface area contributed by atoms with E-state index in [1.54, 1.807) is 0 Å². The van der Waals surface area contributed by atoms with Gasteiger partial charge in [-0.15, -0.1) is 0 Å². The Morgan fingerprint density at radius 2 is 2.16 bits per heavy atom. The minimum atomic E-state index is -0.674. The Bertz CT molecular complexity index is 387. The normalized spacial score (nSPS) is 28.4. The number of nitriles is 1.